The third-order valence-corrected chi connectivity index (χ3v) is 3.18. The maximum absolute atomic E-state index is 12.2. The molecule has 2 saturated heterocycles. The molecule has 5 heteroatoms. The molecule has 0 aromatic carbocycles. The maximum Gasteiger partial charge on any atom is 0.401 e. The fraction of sp³-hybridized carbons (Fsp3) is 1.00. The van der Waals surface area contributed by atoms with E-state index in [-0.39, 0.29) is 6.04 Å². The molecule has 0 aliphatic carbocycles. The van der Waals surface area contributed by atoms with Crippen molar-refractivity contribution >= 4 is 0 Å². The van der Waals surface area contributed by atoms with E-state index in [1.54, 1.807) is 4.90 Å². The molecule has 0 saturated carbocycles. The monoisotopic (exact) mass is 208 g/mol. The van der Waals surface area contributed by atoms with Gasteiger partial charge in [0, 0.05) is 12.6 Å². The summed E-state index contributed by atoms with van der Waals surface area (Å²) in [6.07, 6.45) is -2.07. The Morgan fingerprint density at radius 3 is 2.79 bits per heavy atom. The molecule has 0 amide bonds. The zero-order valence-corrected chi connectivity index (χ0v) is 7.98. The van der Waals surface area contributed by atoms with E-state index in [1.165, 1.54) is 0 Å². The molecule has 82 valence electrons. The zero-order chi connectivity index (χ0) is 10.2. The van der Waals surface area contributed by atoms with Gasteiger partial charge in [-0.1, -0.05) is 0 Å². The van der Waals surface area contributed by atoms with Gasteiger partial charge < -0.3 is 5.32 Å². The van der Waals surface area contributed by atoms with E-state index in [9.17, 15) is 13.2 Å². The molecule has 0 aromatic heterocycles. The lowest BCUT2D eigenvalue weighted by molar-refractivity contribution is -0.154. The Hall–Kier alpha value is -0.290. The third kappa shape index (κ3) is 2.20. The number of nitrogens with one attached hydrogen (secondary N) is 1. The number of hydrogen-bond donors (Lipinski definition) is 1. The SMILES string of the molecule is FC(F)(F)CN1CCCC2CNCC21. The van der Waals surface area contributed by atoms with Crippen LogP contribution in [0.15, 0.2) is 0 Å². The van der Waals surface area contributed by atoms with Crippen LogP contribution >= 0.6 is 0 Å². The van der Waals surface area contributed by atoms with Gasteiger partial charge in [0.2, 0.25) is 0 Å². The zero-order valence-electron chi connectivity index (χ0n) is 7.98. The number of rotatable bonds is 1. The van der Waals surface area contributed by atoms with Crippen LogP contribution in [-0.4, -0.2) is 43.3 Å². The van der Waals surface area contributed by atoms with Crippen LogP contribution < -0.4 is 5.32 Å². The summed E-state index contributed by atoms with van der Waals surface area (Å²) in [5.41, 5.74) is 0. The lowest BCUT2D eigenvalue weighted by Gasteiger charge is -2.37. The molecule has 2 nitrogen and oxygen atoms in total. The second-order valence-corrected chi connectivity index (χ2v) is 4.21. The van der Waals surface area contributed by atoms with Crippen LogP contribution in [0.2, 0.25) is 0 Å². The van der Waals surface area contributed by atoms with E-state index in [2.05, 4.69) is 5.32 Å². The number of piperidine rings is 1. The van der Waals surface area contributed by atoms with Crippen LogP contribution in [0, 0.1) is 5.92 Å². The van der Waals surface area contributed by atoms with Gasteiger partial charge >= 0.3 is 6.18 Å². The van der Waals surface area contributed by atoms with Crippen LogP contribution in [0.4, 0.5) is 13.2 Å². The van der Waals surface area contributed by atoms with E-state index in [0.717, 1.165) is 25.9 Å². The molecular formula is C9H15F3N2. The van der Waals surface area contributed by atoms with Crippen LogP contribution in [0.1, 0.15) is 12.8 Å². The highest BCUT2D eigenvalue weighted by Crippen LogP contribution is 2.29. The first kappa shape index (κ1) is 10.2. The van der Waals surface area contributed by atoms with Crippen LogP contribution in [-0.2, 0) is 0 Å². The van der Waals surface area contributed by atoms with Crippen molar-refractivity contribution in [3.05, 3.63) is 0 Å². The van der Waals surface area contributed by atoms with Crippen molar-refractivity contribution in [2.45, 2.75) is 25.1 Å². The van der Waals surface area contributed by atoms with E-state index < -0.39 is 12.7 Å². The quantitative estimate of drug-likeness (QED) is 0.697. The Morgan fingerprint density at radius 2 is 2.07 bits per heavy atom. The summed E-state index contributed by atoms with van der Waals surface area (Å²) in [6, 6.07) is 0.116. The molecule has 0 radical (unpaired) electrons. The first-order valence-corrected chi connectivity index (χ1v) is 5.08. The summed E-state index contributed by atoms with van der Waals surface area (Å²) in [5, 5.41) is 3.17. The van der Waals surface area contributed by atoms with Gasteiger partial charge in [-0.05, 0) is 31.8 Å². The lowest BCUT2D eigenvalue weighted by atomic mass is 9.92. The Bertz CT molecular complexity index is 205. The normalized spacial score (nSPS) is 34.5. The van der Waals surface area contributed by atoms with Gasteiger partial charge in [0.1, 0.15) is 0 Å². The molecule has 2 unspecified atom stereocenters. The number of hydrogen-bond acceptors (Lipinski definition) is 2. The molecule has 2 heterocycles. The summed E-state index contributed by atoms with van der Waals surface area (Å²) in [4.78, 5) is 1.59. The first-order valence-electron chi connectivity index (χ1n) is 5.08. The molecule has 2 aliphatic rings. The van der Waals surface area contributed by atoms with Crippen molar-refractivity contribution in [2.75, 3.05) is 26.2 Å². The molecule has 14 heavy (non-hydrogen) atoms. The smallest absolute Gasteiger partial charge is 0.315 e. The minimum Gasteiger partial charge on any atom is -0.315 e. The molecular weight excluding hydrogens is 193 g/mol. The first-order chi connectivity index (χ1) is 6.56. The minimum absolute atomic E-state index is 0.116. The largest absolute Gasteiger partial charge is 0.401 e. The number of likely N-dealkylation sites (tertiary alicyclic amines) is 1. The van der Waals surface area contributed by atoms with Crippen molar-refractivity contribution < 1.29 is 13.2 Å². The van der Waals surface area contributed by atoms with Gasteiger partial charge in [0.05, 0.1) is 6.54 Å². The minimum atomic E-state index is -4.05. The summed E-state index contributed by atoms with van der Waals surface area (Å²) in [5.74, 6) is 0.436. The molecule has 1 N–H and O–H groups in total. The predicted octanol–water partition coefficient (Wildman–Crippen LogP) is 1.23. The highest BCUT2D eigenvalue weighted by Gasteiger charge is 2.40. The lowest BCUT2D eigenvalue weighted by Crippen LogP contribution is -2.48. The fourth-order valence-electron chi connectivity index (χ4n) is 2.59. The maximum atomic E-state index is 12.2. The summed E-state index contributed by atoms with van der Waals surface area (Å²) >= 11 is 0. The number of nitrogens with zero attached hydrogens (tertiary/aromatic N) is 1. The van der Waals surface area contributed by atoms with Gasteiger partial charge in [-0.25, -0.2) is 0 Å². The highest BCUT2D eigenvalue weighted by atomic mass is 19.4. The molecule has 2 aliphatic heterocycles. The number of alkyl halides is 3. The van der Waals surface area contributed by atoms with Crippen molar-refractivity contribution in [1.82, 2.24) is 10.2 Å². The van der Waals surface area contributed by atoms with Gasteiger partial charge in [-0.2, -0.15) is 13.2 Å². The van der Waals surface area contributed by atoms with E-state index in [4.69, 9.17) is 0 Å². The van der Waals surface area contributed by atoms with Gasteiger partial charge in [-0.3, -0.25) is 4.90 Å². The van der Waals surface area contributed by atoms with E-state index in [0.29, 0.717) is 12.5 Å². The van der Waals surface area contributed by atoms with Gasteiger partial charge in [-0.15, -0.1) is 0 Å². The molecule has 2 rings (SSSR count). The van der Waals surface area contributed by atoms with Crippen LogP contribution in [0.5, 0.6) is 0 Å². The Labute approximate surface area is 81.5 Å². The molecule has 2 fully saturated rings. The Balaban J connectivity index is 1.97. The second-order valence-electron chi connectivity index (χ2n) is 4.21. The van der Waals surface area contributed by atoms with Crippen LogP contribution in [0.3, 0.4) is 0 Å². The topological polar surface area (TPSA) is 15.3 Å². The second kappa shape index (κ2) is 3.70. The predicted molar refractivity (Wildman–Crippen MR) is 47.0 cm³/mol. The molecule has 0 bridgehead atoms. The third-order valence-electron chi connectivity index (χ3n) is 3.18. The average Bonchev–Trinajstić information content (AvgIpc) is 2.49. The van der Waals surface area contributed by atoms with E-state index >= 15 is 0 Å². The number of fused-ring (bicyclic) bond motifs is 1. The van der Waals surface area contributed by atoms with Gasteiger partial charge in [0.15, 0.2) is 0 Å². The van der Waals surface area contributed by atoms with Crippen molar-refractivity contribution in [3.8, 4) is 0 Å². The van der Waals surface area contributed by atoms with E-state index in [1.807, 2.05) is 0 Å². The Morgan fingerprint density at radius 1 is 1.29 bits per heavy atom. The average molecular weight is 208 g/mol. The van der Waals surface area contributed by atoms with Crippen molar-refractivity contribution in [2.24, 2.45) is 5.92 Å². The summed E-state index contributed by atoms with van der Waals surface area (Å²) in [7, 11) is 0. The fourth-order valence-corrected chi connectivity index (χ4v) is 2.59. The molecule has 2 atom stereocenters. The standard InChI is InChI=1S/C9H15F3N2/c10-9(11,12)6-14-3-1-2-7-4-13-5-8(7)14/h7-8,13H,1-6H2. The molecule has 0 aromatic rings. The summed E-state index contributed by atoms with van der Waals surface area (Å²) in [6.45, 7) is 1.47. The van der Waals surface area contributed by atoms with Crippen molar-refractivity contribution in [1.29, 1.82) is 0 Å². The van der Waals surface area contributed by atoms with Gasteiger partial charge in [0.25, 0.3) is 0 Å². The number of halogens is 3. The molecule has 0 spiro atoms. The van der Waals surface area contributed by atoms with Crippen LogP contribution in [0.25, 0.3) is 0 Å². The summed E-state index contributed by atoms with van der Waals surface area (Å²) < 4.78 is 36.7. The highest BCUT2D eigenvalue weighted by molar-refractivity contribution is 4.92. The van der Waals surface area contributed by atoms with Crippen molar-refractivity contribution in [3.63, 3.8) is 0 Å². The Kier molecular flexibility index (Phi) is 2.70.